The molecule has 3 aromatic rings. The lowest BCUT2D eigenvalue weighted by molar-refractivity contribution is -0.141. The van der Waals surface area contributed by atoms with Crippen molar-refractivity contribution in [1.82, 2.24) is 0 Å². The molecule has 0 fully saturated rings. The van der Waals surface area contributed by atoms with Crippen molar-refractivity contribution in [3.63, 3.8) is 0 Å². The molecule has 0 spiro atoms. The Morgan fingerprint density at radius 2 is 1.55 bits per heavy atom. The van der Waals surface area contributed by atoms with Crippen LogP contribution in [-0.2, 0) is 4.79 Å². The average Bonchev–Trinajstić information content (AvgIpc) is 2.76. The lowest BCUT2D eigenvalue weighted by atomic mass is 9.98. The Morgan fingerprint density at radius 3 is 2.18 bits per heavy atom. The molecule has 0 heterocycles. The molecule has 5 nitrogen and oxygen atoms in total. The number of nitrogens with one attached hydrogen (secondary N) is 1. The Kier molecular flexibility index (Phi) is 8.01. The normalized spacial score (nSPS) is 11.7. The Morgan fingerprint density at radius 1 is 0.879 bits per heavy atom. The summed E-state index contributed by atoms with van der Waals surface area (Å²) in [4.78, 5) is 24.9. The Balaban J connectivity index is 1.59. The summed E-state index contributed by atoms with van der Waals surface area (Å²) < 4.78 is 11.1. The molecule has 1 unspecified atom stereocenters. The van der Waals surface area contributed by atoms with Gasteiger partial charge in [0, 0.05) is 10.6 Å². The third-order valence-corrected chi connectivity index (χ3v) is 5.58. The standard InChI is InChI=1S/C26H25Cl2NO4/c1-15(2)22-11-10-21(13-16(22)3)32-17(4)26(31)33-20-8-5-18(6-9-20)25(30)29-24-14-19(27)7-12-23(24)28/h5-15,17H,1-4H3,(H,29,30). The first-order valence-corrected chi connectivity index (χ1v) is 11.2. The van der Waals surface area contributed by atoms with Crippen LogP contribution in [-0.4, -0.2) is 18.0 Å². The fourth-order valence-corrected chi connectivity index (χ4v) is 3.62. The fourth-order valence-electron chi connectivity index (χ4n) is 3.28. The zero-order valence-corrected chi connectivity index (χ0v) is 20.3. The number of anilines is 1. The Labute approximate surface area is 203 Å². The number of amides is 1. The summed E-state index contributed by atoms with van der Waals surface area (Å²) in [5.41, 5.74) is 3.12. The van der Waals surface area contributed by atoms with Crippen molar-refractivity contribution < 1.29 is 19.1 Å². The molecule has 1 amide bonds. The van der Waals surface area contributed by atoms with Crippen molar-refractivity contribution in [2.75, 3.05) is 5.32 Å². The average molecular weight is 486 g/mol. The van der Waals surface area contributed by atoms with Crippen LogP contribution < -0.4 is 14.8 Å². The molecule has 3 rings (SSSR count). The first-order chi connectivity index (χ1) is 15.6. The van der Waals surface area contributed by atoms with Gasteiger partial charge in [-0.25, -0.2) is 4.79 Å². The molecule has 0 aromatic heterocycles. The fraction of sp³-hybridized carbons (Fsp3) is 0.231. The number of halogens is 2. The van der Waals surface area contributed by atoms with Crippen molar-refractivity contribution in [2.45, 2.75) is 39.7 Å². The van der Waals surface area contributed by atoms with E-state index in [0.717, 1.165) is 5.56 Å². The van der Waals surface area contributed by atoms with Crippen LogP contribution in [0.3, 0.4) is 0 Å². The van der Waals surface area contributed by atoms with Crippen LogP contribution in [0.2, 0.25) is 10.0 Å². The largest absolute Gasteiger partial charge is 0.479 e. The van der Waals surface area contributed by atoms with Gasteiger partial charge in [0.25, 0.3) is 5.91 Å². The summed E-state index contributed by atoms with van der Waals surface area (Å²) in [5, 5.41) is 3.54. The zero-order chi connectivity index (χ0) is 24.1. The van der Waals surface area contributed by atoms with Crippen LogP contribution in [0.15, 0.2) is 60.7 Å². The highest BCUT2D eigenvalue weighted by molar-refractivity contribution is 6.35. The van der Waals surface area contributed by atoms with Crippen molar-refractivity contribution >= 4 is 40.8 Å². The van der Waals surface area contributed by atoms with Crippen LogP contribution in [0.1, 0.15) is 48.2 Å². The number of ether oxygens (including phenoxy) is 2. The molecule has 0 radical (unpaired) electrons. The molecule has 1 atom stereocenters. The maximum atomic E-state index is 12.5. The number of carbonyl (C=O) groups excluding carboxylic acids is 2. The molecule has 1 N–H and O–H groups in total. The number of benzene rings is 3. The molecular weight excluding hydrogens is 461 g/mol. The van der Waals surface area contributed by atoms with E-state index in [2.05, 4.69) is 19.2 Å². The van der Waals surface area contributed by atoms with Crippen molar-refractivity contribution in [3.05, 3.63) is 87.4 Å². The number of rotatable bonds is 7. The first kappa shape index (κ1) is 24.6. The molecule has 0 aliphatic carbocycles. The molecule has 7 heteroatoms. The predicted octanol–water partition coefficient (Wildman–Crippen LogP) is 7.05. The Hall–Kier alpha value is -3.02. The highest BCUT2D eigenvalue weighted by Crippen LogP contribution is 2.27. The van der Waals surface area contributed by atoms with Gasteiger partial charge in [-0.2, -0.15) is 0 Å². The molecule has 172 valence electrons. The van der Waals surface area contributed by atoms with Crippen LogP contribution in [0.25, 0.3) is 0 Å². The number of hydrogen-bond donors (Lipinski definition) is 1. The monoisotopic (exact) mass is 485 g/mol. The minimum atomic E-state index is -0.803. The van der Waals surface area contributed by atoms with Gasteiger partial charge in [0.2, 0.25) is 0 Å². The number of esters is 1. The van der Waals surface area contributed by atoms with Gasteiger partial charge in [0.1, 0.15) is 11.5 Å². The van der Waals surface area contributed by atoms with E-state index in [4.69, 9.17) is 32.7 Å². The Bertz CT molecular complexity index is 1160. The second-order valence-electron chi connectivity index (χ2n) is 7.96. The number of hydrogen-bond acceptors (Lipinski definition) is 4. The summed E-state index contributed by atoms with van der Waals surface area (Å²) in [5.74, 6) is 0.415. The van der Waals surface area contributed by atoms with Crippen LogP contribution >= 0.6 is 23.2 Å². The summed E-state index contributed by atoms with van der Waals surface area (Å²) in [7, 11) is 0. The van der Waals surface area contributed by atoms with Gasteiger partial charge in [0.15, 0.2) is 6.10 Å². The molecular formula is C26H25Cl2NO4. The molecule has 33 heavy (non-hydrogen) atoms. The van der Waals surface area contributed by atoms with Gasteiger partial charge in [-0.3, -0.25) is 4.79 Å². The van der Waals surface area contributed by atoms with Gasteiger partial charge >= 0.3 is 5.97 Å². The van der Waals surface area contributed by atoms with E-state index in [1.165, 1.54) is 5.56 Å². The maximum Gasteiger partial charge on any atom is 0.352 e. The molecule has 0 saturated heterocycles. The molecule has 0 aliphatic heterocycles. The quantitative estimate of drug-likeness (QED) is 0.287. The van der Waals surface area contributed by atoms with E-state index in [1.807, 2.05) is 25.1 Å². The second-order valence-corrected chi connectivity index (χ2v) is 8.80. The van der Waals surface area contributed by atoms with E-state index in [9.17, 15) is 9.59 Å². The number of carbonyl (C=O) groups is 2. The van der Waals surface area contributed by atoms with E-state index < -0.39 is 12.1 Å². The summed E-state index contributed by atoms with van der Waals surface area (Å²) in [6, 6.07) is 16.8. The van der Waals surface area contributed by atoms with E-state index >= 15 is 0 Å². The number of aryl methyl sites for hydroxylation is 1. The van der Waals surface area contributed by atoms with E-state index in [0.29, 0.717) is 38.7 Å². The third-order valence-electron chi connectivity index (χ3n) is 5.02. The first-order valence-electron chi connectivity index (χ1n) is 10.5. The molecule has 0 bridgehead atoms. The minimum Gasteiger partial charge on any atom is -0.479 e. The van der Waals surface area contributed by atoms with Gasteiger partial charge in [-0.05, 0) is 85.5 Å². The van der Waals surface area contributed by atoms with Gasteiger partial charge < -0.3 is 14.8 Å². The molecule has 0 saturated carbocycles. The minimum absolute atomic E-state index is 0.305. The van der Waals surface area contributed by atoms with E-state index in [1.54, 1.807) is 49.4 Å². The maximum absolute atomic E-state index is 12.5. The van der Waals surface area contributed by atoms with Crippen LogP contribution in [0, 0.1) is 6.92 Å². The molecule has 3 aromatic carbocycles. The van der Waals surface area contributed by atoms with Crippen molar-refractivity contribution in [1.29, 1.82) is 0 Å². The van der Waals surface area contributed by atoms with Gasteiger partial charge in [-0.1, -0.05) is 43.1 Å². The lowest BCUT2D eigenvalue weighted by Crippen LogP contribution is -2.28. The van der Waals surface area contributed by atoms with Gasteiger partial charge in [-0.15, -0.1) is 0 Å². The van der Waals surface area contributed by atoms with Crippen LogP contribution in [0.5, 0.6) is 11.5 Å². The smallest absolute Gasteiger partial charge is 0.352 e. The lowest BCUT2D eigenvalue weighted by Gasteiger charge is -2.16. The summed E-state index contributed by atoms with van der Waals surface area (Å²) in [6.45, 7) is 7.90. The highest BCUT2D eigenvalue weighted by atomic mass is 35.5. The highest BCUT2D eigenvalue weighted by Gasteiger charge is 2.18. The zero-order valence-electron chi connectivity index (χ0n) is 18.8. The predicted molar refractivity (Wildman–Crippen MR) is 132 cm³/mol. The van der Waals surface area contributed by atoms with Crippen LogP contribution in [0.4, 0.5) is 5.69 Å². The van der Waals surface area contributed by atoms with Gasteiger partial charge in [0.05, 0.1) is 10.7 Å². The topological polar surface area (TPSA) is 64.6 Å². The molecule has 0 aliphatic rings. The summed E-state index contributed by atoms with van der Waals surface area (Å²) >= 11 is 12.0. The summed E-state index contributed by atoms with van der Waals surface area (Å²) in [6.07, 6.45) is -0.803. The third kappa shape index (κ3) is 6.50. The van der Waals surface area contributed by atoms with Crippen molar-refractivity contribution in [2.24, 2.45) is 0 Å². The second kappa shape index (κ2) is 10.7. The van der Waals surface area contributed by atoms with E-state index in [-0.39, 0.29) is 5.91 Å². The van der Waals surface area contributed by atoms with Crippen molar-refractivity contribution in [3.8, 4) is 11.5 Å². The SMILES string of the molecule is Cc1cc(OC(C)C(=O)Oc2ccc(C(=O)Nc3cc(Cl)ccc3Cl)cc2)ccc1C(C)C.